The van der Waals surface area contributed by atoms with Crippen molar-refractivity contribution in [2.75, 3.05) is 39.3 Å². The van der Waals surface area contributed by atoms with E-state index in [9.17, 15) is 9.90 Å². The van der Waals surface area contributed by atoms with Crippen LogP contribution in [0.25, 0.3) is 11.3 Å². The van der Waals surface area contributed by atoms with Gasteiger partial charge in [-0.2, -0.15) is 0 Å². The van der Waals surface area contributed by atoms with Crippen molar-refractivity contribution in [1.29, 1.82) is 0 Å². The number of hydrogen-bond donors (Lipinski definition) is 1. The lowest BCUT2D eigenvalue weighted by atomic mass is 9.97. The fourth-order valence-electron chi connectivity index (χ4n) is 4.79. The van der Waals surface area contributed by atoms with Crippen molar-refractivity contribution in [2.45, 2.75) is 49.1 Å². The van der Waals surface area contributed by atoms with Crippen LogP contribution in [0, 0.1) is 5.92 Å². The maximum atomic E-state index is 12.7. The van der Waals surface area contributed by atoms with E-state index in [1.165, 1.54) is 12.8 Å². The van der Waals surface area contributed by atoms with Crippen LogP contribution in [0.15, 0.2) is 42.6 Å². The van der Waals surface area contributed by atoms with Gasteiger partial charge in [0.25, 0.3) is 5.91 Å². The Kier molecular flexibility index (Phi) is 8.47. The highest BCUT2D eigenvalue weighted by Gasteiger charge is 2.25. The Hall–Kier alpha value is -1.71. The van der Waals surface area contributed by atoms with Crippen molar-refractivity contribution in [1.82, 2.24) is 14.8 Å². The van der Waals surface area contributed by atoms with E-state index in [4.69, 9.17) is 4.74 Å². The summed E-state index contributed by atoms with van der Waals surface area (Å²) in [5.41, 5.74) is 2.38. The summed E-state index contributed by atoms with van der Waals surface area (Å²) >= 11 is 2.53. The average molecular weight is 578 g/mol. The van der Waals surface area contributed by atoms with Crippen LogP contribution in [-0.2, 0) is 0 Å². The van der Waals surface area contributed by atoms with Gasteiger partial charge >= 0.3 is 0 Å². The van der Waals surface area contributed by atoms with E-state index in [0.29, 0.717) is 28.0 Å². The zero-order valence-electron chi connectivity index (χ0n) is 20.3. The van der Waals surface area contributed by atoms with E-state index in [-0.39, 0.29) is 5.91 Å². The number of nitrogens with zero attached hydrogens (tertiary/aromatic N) is 3. The van der Waals surface area contributed by atoms with Crippen LogP contribution < -0.4 is 4.74 Å². The molecule has 0 aliphatic carbocycles. The number of ether oxygens (including phenoxy) is 1. The minimum atomic E-state index is -0.424. The second kappa shape index (κ2) is 11.4. The Bertz CT molecular complexity index is 935. The minimum Gasteiger partial charge on any atom is -0.493 e. The molecule has 2 aliphatic rings. The molecule has 1 aromatic heterocycles. The molecule has 1 aromatic carbocycles. The Balaban J connectivity index is 1.26. The second-order valence-electron chi connectivity index (χ2n) is 10.3. The summed E-state index contributed by atoms with van der Waals surface area (Å²) in [6.07, 6.45) is 5.19. The van der Waals surface area contributed by atoms with Crippen LogP contribution in [0.5, 0.6) is 5.75 Å². The first-order valence-electron chi connectivity index (χ1n) is 12.3. The molecule has 2 saturated heterocycles. The average Bonchev–Trinajstić information content (AvgIpc) is 2.83. The Morgan fingerprint density at radius 2 is 1.85 bits per heavy atom. The topological polar surface area (TPSA) is 65.9 Å². The Labute approximate surface area is 216 Å². The summed E-state index contributed by atoms with van der Waals surface area (Å²) in [6, 6.07) is 11.7. The third-order valence-electron chi connectivity index (χ3n) is 6.64. The number of aliphatic hydroxyl groups excluding tert-OH is 1. The highest BCUT2D eigenvalue weighted by Crippen LogP contribution is 2.25. The molecule has 34 heavy (non-hydrogen) atoms. The number of rotatable bonds is 7. The molecule has 2 aromatic rings. The summed E-state index contributed by atoms with van der Waals surface area (Å²) in [7, 11) is 0. The number of likely N-dealkylation sites (tertiary alicyclic amines) is 2. The fourth-order valence-corrected chi connectivity index (χ4v) is 5.27. The molecule has 6 nitrogen and oxygen atoms in total. The number of piperidine rings is 2. The molecule has 1 N–H and O–H groups in total. The van der Waals surface area contributed by atoms with Gasteiger partial charge in [0, 0.05) is 34.8 Å². The minimum absolute atomic E-state index is 0.0645. The maximum absolute atomic E-state index is 12.7. The van der Waals surface area contributed by atoms with Gasteiger partial charge in [-0.25, -0.2) is 0 Å². The molecule has 7 heteroatoms. The highest BCUT2D eigenvalue weighted by atomic mass is 127. The first-order valence-corrected chi connectivity index (χ1v) is 13.4. The molecule has 2 aliphatic heterocycles. The quantitative estimate of drug-likeness (QED) is 0.384. The molecule has 2 fully saturated rings. The number of aliphatic hydroxyl groups is 1. The number of halogens is 1. The molecule has 0 bridgehead atoms. The van der Waals surface area contributed by atoms with Gasteiger partial charge in [0.1, 0.15) is 5.75 Å². The Morgan fingerprint density at radius 3 is 2.47 bits per heavy atom. The van der Waals surface area contributed by atoms with Crippen molar-refractivity contribution in [3.63, 3.8) is 0 Å². The standard InChI is InChI=1S/C27H36IN3O3/c1-27(2,28)19-30-14-11-20(12-15-30)18-34-24-8-5-21(6-9-24)25-10-7-22(16-29-25)26(33)31-13-3-4-23(32)17-31/h5-10,16,20,23,32H,3-4,11-15,17-19H2,1-2H3/t23-/m1/s1. The van der Waals surface area contributed by atoms with Crippen molar-refractivity contribution >= 4 is 28.5 Å². The number of pyridine rings is 1. The smallest absolute Gasteiger partial charge is 0.255 e. The molecule has 0 spiro atoms. The van der Waals surface area contributed by atoms with Crippen molar-refractivity contribution in [2.24, 2.45) is 5.92 Å². The molecule has 0 unspecified atom stereocenters. The fraction of sp³-hybridized carbons (Fsp3) is 0.556. The molecule has 184 valence electrons. The number of benzene rings is 1. The third kappa shape index (κ3) is 7.15. The maximum Gasteiger partial charge on any atom is 0.255 e. The molecule has 1 amide bonds. The molecule has 0 saturated carbocycles. The Morgan fingerprint density at radius 1 is 1.12 bits per heavy atom. The van der Waals surface area contributed by atoms with Gasteiger partial charge in [-0.1, -0.05) is 22.6 Å². The first-order chi connectivity index (χ1) is 16.3. The number of alkyl halides is 1. The lowest BCUT2D eigenvalue weighted by Crippen LogP contribution is -2.42. The highest BCUT2D eigenvalue weighted by molar-refractivity contribution is 14.1. The van der Waals surface area contributed by atoms with Gasteiger partial charge in [-0.3, -0.25) is 9.78 Å². The van der Waals surface area contributed by atoms with Gasteiger partial charge in [0.2, 0.25) is 0 Å². The van der Waals surface area contributed by atoms with Crippen LogP contribution in [0.1, 0.15) is 49.9 Å². The number of aromatic nitrogens is 1. The predicted molar refractivity (Wildman–Crippen MR) is 144 cm³/mol. The van der Waals surface area contributed by atoms with E-state index in [1.807, 2.05) is 36.4 Å². The summed E-state index contributed by atoms with van der Waals surface area (Å²) in [5, 5.41) is 9.83. The van der Waals surface area contributed by atoms with Gasteiger partial charge in [-0.15, -0.1) is 0 Å². The summed E-state index contributed by atoms with van der Waals surface area (Å²) in [4.78, 5) is 21.5. The van der Waals surface area contributed by atoms with Gasteiger partial charge in [0.15, 0.2) is 0 Å². The number of carbonyl (C=O) groups excluding carboxylic acids is 1. The van der Waals surface area contributed by atoms with Crippen LogP contribution in [0.2, 0.25) is 0 Å². The second-order valence-corrected chi connectivity index (χ2v) is 13.2. The summed E-state index contributed by atoms with van der Waals surface area (Å²) < 4.78 is 6.41. The SMILES string of the molecule is CC(C)(I)CN1CCC(COc2ccc(-c3ccc(C(=O)N4CCC[C@@H](O)C4)cn3)cc2)CC1. The van der Waals surface area contributed by atoms with E-state index in [1.54, 1.807) is 11.1 Å². The largest absolute Gasteiger partial charge is 0.493 e. The van der Waals surface area contributed by atoms with E-state index in [2.05, 4.69) is 46.3 Å². The van der Waals surface area contributed by atoms with Gasteiger partial charge in [0.05, 0.1) is 24.0 Å². The van der Waals surface area contributed by atoms with Crippen LogP contribution >= 0.6 is 22.6 Å². The van der Waals surface area contributed by atoms with Crippen LogP contribution in [-0.4, -0.2) is 74.7 Å². The van der Waals surface area contributed by atoms with Crippen molar-refractivity contribution < 1.29 is 14.6 Å². The molecule has 1 atom stereocenters. The molecule has 3 heterocycles. The van der Waals surface area contributed by atoms with E-state index in [0.717, 1.165) is 56.1 Å². The van der Waals surface area contributed by atoms with Crippen LogP contribution in [0.3, 0.4) is 0 Å². The molecule has 0 radical (unpaired) electrons. The zero-order valence-corrected chi connectivity index (χ0v) is 22.4. The lowest BCUT2D eigenvalue weighted by Gasteiger charge is -2.35. The van der Waals surface area contributed by atoms with E-state index < -0.39 is 6.10 Å². The normalized spacial score (nSPS) is 20.4. The number of amides is 1. The van der Waals surface area contributed by atoms with Crippen molar-refractivity contribution in [3.05, 3.63) is 48.2 Å². The predicted octanol–water partition coefficient (Wildman–Crippen LogP) is 4.65. The van der Waals surface area contributed by atoms with E-state index >= 15 is 0 Å². The molecule has 4 rings (SSSR count). The molecular weight excluding hydrogens is 541 g/mol. The van der Waals surface area contributed by atoms with Crippen molar-refractivity contribution in [3.8, 4) is 17.0 Å². The summed E-state index contributed by atoms with van der Waals surface area (Å²) in [6.45, 7) is 9.89. The van der Waals surface area contributed by atoms with Gasteiger partial charge in [-0.05, 0) is 94.9 Å². The van der Waals surface area contributed by atoms with Gasteiger partial charge < -0.3 is 19.6 Å². The number of carbonyl (C=O) groups is 1. The first kappa shape index (κ1) is 25.4. The number of β-amino-alcohol motifs (C(OH)–C–C–N with tert-alkyl or cyclic N) is 1. The summed E-state index contributed by atoms with van der Waals surface area (Å²) in [5.74, 6) is 1.43. The monoisotopic (exact) mass is 577 g/mol. The molecular formula is C27H36IN3O3. The lowest BCUT2D eigenvalue weighted by molar-refractivity contribution is 0.0473. The third-order valence-corrected chi connectivity index (χ3v) is 6.98. The number of hydrogen-bond acceptors (Lipinski definition) is 5. The van der Waals surface area contributed by atoms with Crippen LogP contribution in [0.4, 0.5) is 0 Å². The zero-order chi connectivity index (χ0) is 24.1.